The van der Waals surface area contributed by atoms with E-state index in [1.165, 1.54) is 11.8 Å². The van der Waals surface area contributed by atoms with Gasteiger partial charge in [0.25, 0.3) is 0 Å². The van der Waals surface area contributed by atoms with Gasteiger partial charge in [-0.2, -0.15) is 5.26 Å². The highest BCUT2D eigenvalue weighted by Crippen LogP contribution is 2.38. The van der Waals surface area contributed by atoms with Gasteiger partial charge in [-0.3, -0.25) is 0 Å². The van der Waals surface area contributed by atoms with Gasteiger partial charge in [0.15, 0.2) is 0 Å². The summed E-state index contributed by atoms with van der Waals surface area (Å²) in [6, 6.07) is 9.20. The SMILES string of the molecule is [2H]C([2H])([2H])C1=C(c2ccc(C#N)cc2)SCCCS1. The van der Waals surface area contributed by atoms with Crippen LogP contribution in [0.15, 0.2) is 29.2 Å². The molecule has 1 aromatic rings. The average molecular weight is 250 g/mol. The molecule has 1 aliphatic rings. The Morgan fingerprint density at radius 2 is 2.00 bits per heavy atom. The van der Waals surface area contributed by atoms with Crippen LogP contribution in [0.2, 0.25) is 0 Å². The molecule has 0 unspecified atom stereocenters. The van der Waals surface area contributed by atoms with E-state index in [9.17, 15) is 0 Å². The van der Waals surface area contributed by atoms with Crippen molar-refractivity contribution in [2.75, 3.05) is 11.5 Å². The van der Waals surface area contributed by atoms with Crippen LogP contribution in [0.4, 0.5) is 0 Å². The second-order valence-corrected chi connectivity index (χ2v) is 5.61. The summed E-state index contributed by atoms with van der Waals surface area (Å²) in [5, 5.41) is 8.80. The Bertz CT molecular complexity index is 526. The third-order valence-electron chi connectivity index (χ3n) is 2.26. The maximum atomic E-state index is 8.80. The summed E-state index contributed by atoms with van der Waals surface area (Å²) in [6.07, 6.45) is 1.01. The van der Waals surface area contributed by atoms with E-state index >= 15 is 0 Å². The molecule has 0 atom stereocenters. The molecule has 0 aliphatic carbocycles. The number of benzene rings is 1. The van der Waals surface area contributed by atoms with Crippen LogP contribution >= 0.6 is 23.5 Å². The number of thioether (sulfide) groups is 2. The Balaban J connectivity index is 2.46. The Morgan fingerprint density at radius 1 is 1.25 bits per heavy atom. The van der Waals surface area contributed by atoms with Crippen molar-refractivity contribution in [2.45, 2.75) is 13.3 Å². The van der Waals surface area contributed by atoms with E-state index in [2.05, 4.69) is 6.07 Å². The van der Waals surface area contributed by atoms with Gasteiger partial charge in [0.1, 0.15) is 0 Å². The predicted molar refractivity (Wildman–Crippen MR) is 73.3 cm³/mol. The molecule has 0 radical (unpaired) electrons. The minimum absolute atomic E-state index is 0.486. The average Bonchev–Trinajstić information content (AvgIpc) is 2.64. The van der Waals surface area contributed by atoms with Crippen molar-refractivity contribution in [3.05, 3.63) is 40.3 Å². The van der Waals surface area contributed by atoms with Gasteiger partial charge in [0, 0.05) is 9.02 Å². The first kappa shape index (κ1) is 8.27. The van der Waals surface area contributed by atoms with E-state index in [1.807, 2.05) is 12.1 Å². The summed E-state index contributed by atoms with van der Waals surface area (Å²) in [6.45, 7) is -2.06. The highest BCUT2D eigenvalue weighted by atomic mass is 32.2. The van der Waals surface area contributed by atoms with Crippen LogP contribution in [-0.4, -0.2) is 11.5 Å². The van der Waals surface area contributed by atoms with Gasteiger partial charge in [-0.05, 0) is 47.4 Å². The molecule has 0 fully saturated rings. The summed E-state index contributed by atoms with van der Waals surface area (Å²) in [5.74, 6) is 1.78. The molecule has 0 saturated carbocycles. The van der Waals surface area contributed by atoms with E-state index < -0.39 is 6.85 Å². The van der Waals surface area contributed by atoms with Crippen LogP contribution in [0.1, 0.15) is 28.5 Å². The first-order valence-corrected chi connectivity index (χ1v) is 7.00. The predicted octanol–water partition coefficient (Wildman–Crippen LogP) is 4.12. The molecular weight excluding hydrogens is 234 g/mol. The lowest BCUT2D eigenvalue weighted by atomic mass is 10.1. The Kier molecular flexibility index (Phi) is 2.83. The molecule has 3 heteroatoms. The van der Waals surface area contributed by atoms with Crippen LogP contribution in [0.5, 0.6) is 0 Å². The largest absolute Gasteiger partial charge is 0.192 e. The highest BCUT2D eigenvalue weighted by molar-refractivity contribution is 8.11. The maximum absolute atomic E-state index is 8.80. The van der Waals surface area contributed by atoms with Crippen molar-refractivity contribution < 1.29 is 4.11 Å². The molecule has 2 rings (SSSR count). The van der Waals surface area contributed by atoms with Crippen molar-refractivity contribution >= 4 is 28.4 Å². The zero-order valence-electron chi connectivity index (χ0n) is 11.7. The Morgan fingerprint density at radius 3 is 2.69 bits per heavy atom. The molecule has 0 saturated heterocycles. The van der Waals surface area contributed by atoms with E-state index in [-0.39, 0.29) is 0 Å². The summed E-state index contributed by atoms with van der Waals surface area (Å²) < 4.78 is 23.0. The summed E-state index contributed by atoms with van der Waals surface area (Å²) >= 11 is 3.04. The highest BCUT2D eigenvalue weighted by Gasteiger charge is 2.11. The first-order chi connectivity index (χ1) is 9.02. The number of nitrogens with zero attached hydrogens (tertiary/aromatic N) is 1. The quantitative estimate of drug-likeness (QED) is 0.749. The number of allylic oxidation sites excluding steroid dienone is 1. The molecule has 1 heterocycles. The molecule has 0 aromatic heterocycles. The number of nitriles is 1. The molecular formula is C13H13NS2. The van der Waals surface area contributed by atoms with Crippen molar-refractivity contribution in [1.82, 2.24) is 0 Å². The van der Waals surface area contributed by atoms with Crippen LogP contribution in [-0.2, 0) is 0 Å². The zero-order valence-corrected chi connectivity index (χ0v) is 10.3. The van der Waals surface area contributed by atoms with Crippen molar-refractivity contribution in [3.63, 3.8) is 0 Å². The van der Waals surface area contributed by atoms with Gasteiger partial charge in [0.05, 0.1) is 11.6 Å². The van der Waals surface area contributed by atoms with Gasteiger partial charge in [0.2, 0.25) is 0 Å². The molecule has 0 bridgehead atoms. The van der Waals surface area contributed by atoms with Crippen LogP contribution in [0.3, 0.4) is 0 Å². The van der Waals surface area contributed by atoms with Gasteiger partial charge in [-0.25, -0.2) is 0 Å². The molecule has 0 spiro atoms. The molecule has 0 N–H and O–H groups in total. The fourth-order valence-electron chi connectivity index (χ4n) is 1.45. The third-order valence-corrected chi connectivity index (χ3v) is 4.60. The van der Waals surface area contributed by atoms with Gasteiger partial charge in [-0.1, -0.05) is 12.1 Å². The first-order valence-electron chi connectivity index (χ1n) is 6.53. The van der Waals surface area contributed by atoms with Gasteiger partial charge in [-0.15, -0.1) is 23.5 Å². The Labute approximate surface area is 109 Å². The minimum atomic E-state index is -2.06. The lowest BCUT2D eigenvalue weighted by Crippen LogP contribution is -1.84. The van der Waals surface area contributed by atoms with Crippen LogP contribution in [0, 0.1) is 11.3 Å². The second-order valence-electron chi connectivity index (χ2n) is 3.40. The Hall–Kier alpha value is -0.850. The van der Waals surface area contributed by atoms with Crippen molar-refractivity contribution in [2.24, 2.45) is 0 Å². The zero-order chi connectivity index (χ0) is 13.9. The van der Waals surface area contributed by atoms with E-state index in [4.69, 9.17) is 9.37 Å². The molecule has 16 heavy (non-hydrogen) atoms. The normalized spacial score (nSPS) is 20.3. The van der Waals surface area contributed by atoms with E-state index in [0.29, 0.717) is 10.5 Å². The van der Waals surface area contributed by atoms with E-state index in [0.717, 1.165) is 28.4 Å². The number of rotatable bonds is 1. The maximum Gasteiger partial charge on any atom is 0.0991 e. The molecule has 0 amide bonds. The monoisotopic (exact) mass is 250 g/mol. The van der Waals surface area contributed by atoms with E-state index in [1.54, 1.807) is 23.9 Å². The van der Waals surface area contributed by atoms with Gasteiger partial charge < -0.3 is 0 Å². The third kappa shape index (κ3) is 2.63. The molecule has 1 aliphatic heterocycles. The standard InChI is InChI=1S/C13H13NS2/c1-10-13(16-8-2-7-15-10)12-5-3-11(9-14)4-6-12/h3-6H,2,7-8H2,1H3/i1D3. The van der Waals surface area contributed by atoms with Crippen LogP contribution in [0.25, 0.3) is 4.91 Å². The minimum Gasteiger partial charge on any atom is -0.192 e. The lowest BCUT2D eigenvalue weighted by molar-refractivity contribution is 1.13. The second kappa shape index (κ2) is 5.47. The fraction of sp³-hybridized carbons (Fsp3) is 0.308. The summed E-state index contributed by atoms with van der Waals surface area (Å²) in [5.41, 5.74) is 1.48. The van der Waals surface area contributed by atoms with Gasteiger partial charge >= 0.3 is 0 Å². The van der Waals surface area contributed by atoms with Crippen molar-refractivity contribution in [1.29, 1.82) is 5.26 Å². The lowest BCUT2D eigenvalue weighted by Gasteiger charge is -2.08. The van der Waals surface area contributed by atoms with Crippen LogP contribution < -0.4 is 0 Å². The smallest absolute Gasteiger partial charge is 0.0991 e. The summed E-state index contributed by atoms with van der Waals surface area (Å²) in [4.78, 5) is 1.33. The number of hydrogen-bond donors (Lipinski definition) is 0. The number of hydrogen-bond acceptors (Lipinski definition) is 3. The fourth-order valence-corrected chi connectivity index (χ4v) is 3.65. The van der Waals surface area contributed by atoms with Crippen molar-refractivity contribution in [3.8, 4) is 6.07 Å². The summed E-state index contributed by atoms with van der Waals surface area (Å²) in [7, 11) is 0. The molecule has 1 aromatic carbocycles. The topological polar surface area (TPSA) is 23.8 Å². The molecule has 82 valence electrons. The molecule has 1 nitrogen and oxygen atoms in total.